The van der Waals surface area contributed by atoms with E-state index >= 15 is 0 Å². The van der Waals surface area contributed by atoms with Crippen LogP contribution in [0.3, 0.4) is 0 Å². The van der Waals surface area contributed by atoms with Crippen molar-refractivity contribution in [1.29, 1.82) is 0 Å². The summed E-state index contributed by atoms with van der Waals surface area (Å²) in [6.07, 6.45) is 5.52. The molecule has 2 heterocycles. The Balaban J connectivity index is 0.00000144. The van der Waals surface area contributed by atoms with E-state index in [4.69, 9.17) is 0 Å². The first-order chi connectivity index (χ1) is 7.83. The van der Waals surface area contributed by atoms with Gasteiger partial charge >= 0.3 is 0 Å². The number of halogens is 2. The van der Waals surface area contributed by atoms with Crippen LogP contribution < -0.4 is 5.32 Å². The third kappa shape index (κ3) is 3.83. The number of rotatable bonds is 3. The van der Waals surface area contributed by atoms with Gasteiger partial charge < -0.3 is 10.2 Å². The summed E-state index contributed by atoms with van der Waals surface area (Å²) >= 11 is 0. The first-order valence-corrected chi connectivity index (χ1v) is 5.68. The summed E-state index contributed by atoms with van der Waals surface area (Å²) in [7, 11) is 1.92. The lowest BCUT2D eigenvalue weighted by Crippen LogP contribution is -2.40. The molecule has 18 heavy (non-hydrogen) atoms. The van der Waals surface area contributed by atoms with Crippen LogP contribution in [0, 0.1) is 0 Å². The van der Waals surface area contributed by atoms with Crippen LogP contribution in [0.4, 0.5) is 0 Å². The number of likely N-dealkylation sites (tertiary alicyclic amines) is 1. The van der Waals surface area contributed by atoms with E-state index < -0.39 is 0 Å². The van der Waals surface area contributed by atoms with Gasteiger partial charge in [0.05, 0.1) is 0 Å². The number of hydrogen-bond donors (Lipinski definition) is 1. The average molecular weight is 292 g/mol. The largest absolute Gasteiger partial charge is 0.334 e. The van der Waals surface area contributed by atoms with Crippen molar-refractivity contribution in [3.8, 4) is 0 Å². The number of carbonyl (C=O) groups excluding carboxylic acids is 1. The molecule has 1 amide bonds. The molecule has 1 aliphatic rings. The molecule has 0 aromatic carbocycles. The fourth-order valence-electron chi connectivity index (χ4n) is 2.21. The van der Waals surface area contributed by atoms with E-state index in [1.165, 1.54) is 0 Å². The molecule has 6 heteroatoms. The van der Waals surface area contributed by atoms with E-state index in [-0.39, 0.29) is 30.7 Å². The highest BCUT2D eigenvalue weighted by Crippen LogP contribution is 2.19. The predicted octanol–water partition coefficient (Wildman–Crippen LogP) is 1.75. The highest BCUT2D eigenvalue weighted by atomic mass is 35.5. The number of nitrogens with one attached hydrogen (secondary N) is 1. The van der Waals surface area contributed by atoms with Crippen molar-refractivity contribution in [3.05, 3.63) is 30.1 Å². The van der Waals surface area contributed by atoms with Crippen molar-refractivity contribution < 1.29 is 4.79 Å². The summed E-state index contributed by atoms with van der Waals surface area (Å²) in [6.45, 7) is 1.74. The Morgan fingerprint density at radius 3 is 2.72 bits per heavy atom. The minimum atomic E-state index is 0. The summed E-state index contributed by atoms with van der Waals surface area (Å²) < 4.78 is 0. The second-order valence-electron chi connectivity index (χ2n) is 4.09. The van der Waals surface area contributed by atoms with E-state index in [0.717, 1.165) is 31.5 Å². The number of pyridine rings is 1. The van der Waals surface area contributed by atoms with E-state index in [1.807, 2.05) is 11.9 Å². The smallest absolute Gasteiger partial charge is 0.254 e. The van der Waals surface area contributed by atoms with Gasteiger partial charge in [0.1, 0.15) is 0 Å². The number of nitrogens with zero attached hydrogens (tertiary/aromatic N) is 2. The molecule has 2 rings (SSSR count). The molecule has 1 fully saturated rings. The Labute approximate surface area is 120 Å². The van der Waals surface area contributed by atoms with Crippen LogP contribution in [0.25, 0.3) is 0 Å². The average Bonchev–Trinajstić information content (AvgIpc) is 2.78. The summed E-state index contributed by atoms with van der Waals surface area (Å²) in [5.41, 5.74) is 0.734. The van der Waals surface area contributed by atoms with E-state index in [2.05, 4.69) is 10.3 Å². The van der Waals surface area contributed by atoms with Crippen LogP contribution in [0.1, 0.15) is 23.2 Å². The lowest BCUT2D eigenvalue weighted by atomic mass is 10.2. The highest BCUT2D eigenvalue weighted by Gasteiger charge is 2.28. The lowest BCUT2D eigenvalue weighted by molar-refractivity contribution is 0.0737. The molecule has 1 aromatic heterocycles. The third-order valence-corrected chi connectivity index (χ3v) is 3.01. The van der Waals surface area contributed by atoms with Gasteiger partial charge in [0.15, 0.2) is 0 Å². The number of hydrogen-bond acceptors (Lipinski definition) is 3. The molecule has 1 N–H and O–H groups in total. The molecule has 1 aliphatic heterocycles. The molecule has 0 aliphatic carbocycles. The maximum absolute atomic E-state index is 12.2. The van der Waals surface area contributed by atoms with Crippen molar-refractivity contribution in [2.45, 2.75) is 18.9 Å². The third-order valence-electron chi connectivity index (χ3n) is 3.01. The molecule has 0 radical (unpaired) electrons. The van der Waals surface area contributed by atoms with Crippen LogP contribution in [-0.2, 0) is 0 Å². The first-order valence-electron chi connectivity index (χ1n) is 5.68. The molecule has 1 saturated heterocycles. The van der Waals surface area contributed by atoms with Crippen LogP contribution in [0.5, 0.6) is 0 Å². The molecule has 4 nitrogen and oxygen atoms in total. The summed E-state index contributed by atoms with van der Waals surface area (Å²) in [6, 6.07) is 3.89. The monoisotopic (exact) mass is 291 g/mol. The zero-order valence-electron chi connectivity index (χ0n) is 10.3. The minimum Gasteiger partial charge on any atom is -0.334 e. The number of likely N-dealkylation sites (N-methyl/N-ethyl adjacent to an activating group) is 1. The Morgan fingerprint density at radius 2 is 2.11 bits per heavy atom. The Hall–Kier alpha value is -0.840. The second kappa shape index (κ2) is 8.29. The fraction of sp³-hybridized carbons (Fsp3) is 0.500. The van der Waals surface area contributed by atoms with Crippen molar-refractivity contribution in [3.63, 3.8) is 0 Å². The van der Waals surface area contributed by atoms with Gasteiger partial charge in [0.2, 0.25) is 0 Å². The normalized spacial score (nSPS) is 17.8. The molecule has 1 unspecified atom stereocenters. The number of aromatic nitrogens is 1. The maximum atomic E-state index is 12.2. The van der Waals surface area contributed by atoms with E-state index in [1.54, 1.807) is 24.5 Å². The van der Waals surface area contributed by atoms with Gasteiger partial charge in [-0.15, -0.1) is 24.8 Å². The number of carbonyl (C=O) groups is 1. The van der Waals surface area contributed by atoms with E-state index in [9.17, 15) is 4.79 Å². The summed E-state index contributed by atoms with van der Waals surface area (Å²) in [4.78, 5) is 18.1. The Kier molecular flexibility index (Phi) is 7.91. The quantitative estimate of drug-likeness (QED) is 0.923. The van der Waals surface area contributed by atoms with Gasteiger partial charge in [-0.3, -0.25) is 9.78 Å². The van der Waals surface area contributed by atoms with Gasteiger partial charge in [-0.25, -0.2) is 0 Å². The number of amides is 1. The lowest BCUT2D eigenvalue weighted by Gasteiger charge is -2.24. The van der Waals surface area contributed by atoms with Crippen molar-refractivity contribution in [1.82, 2.24) is 15.2 Å². The van der Waals surface area contributed by atoms with Gasteiger partial charge in [-0.05, 0) is 32.0 Å². The van der Waals surface area contributed by atoms with Crippen molar-refractivity contribution in [2.24, 2.45) is 0 Å². The van der Waals surface area contributed by atoms with Gasteiger partial charge in [0.25, 0.3) is 5.91 Å². The van der Waals surface area contributed by atoms with Crippen molar-refractivity contribution >= 4 is 30.7 Å². The molecule has 1 atom stereocenters. The maximum Gasteiger partial charge on any atom is 0.254 e. The summed E-state index contributed by atoms with van der Waals surface area (Å²) in [5.74, 6) is 0.125. The fourth-order valence-corrected chi connectivity index (χ4v) is 2.21. The van der Waals surface area contributed by atoms with Crippen LogP contribution >= 0.6 is 24.8 Å². The molecular weight excluding hydrogens is 273 g/mol. The van der Waals surface area contributed by atoms with Crippen LogP contribution in [0.2, 0.25) is 0 Å². The SMILES string of the molecule is CNCC1CCCN1C(=O)c1ccncc1.Cl.Cl. The van der Waals surface area contributed by atoms with Gasteiger partial charge in [-0.2, -0.15) is 0 Å². The zero-order chi connectivity index (χ0) is 11.4. The highest BCUT2D eigenvalue weighted by molar-refractivity contribution is 5.94. The molecule has 1 aromatic rings. The molecular formula is C12H19Cl2N3O. The minimum absolute atomic E-state index is 0. The molecule has 0 bridgehead atoms. The molecule has 0 saturated carbocycles. The zero-order valence-corrected chi connectivity index (χ0v) is 12.0. The predicted molar refractivity (Wildman–Crippen MR) is 76.7 cm³/mol. The van der Waals surface area contributed by atoms with E-state index in [0.29, 0.717) is 6.04 Å². The Morgan fingerprint density at radius 1 is 1.44 bits per heavy atom. The van der Waals surface area contributed by atoms with Crippen LogP contribution in [0.15, 0.2) is 24.5 Å². The molecule has 102 valence electrons. The second-order valence-corrected chi connectivity index (χ2v) is 4.09. The molecule has 0 spiro atoms. The summed E-state index contributed by atoms with van der Waals surface area (Å²) in [5, 5.41) is 3.14. The van der Waals surface area contributed by atoms with Crippen LogP contribution in [-0.4, -0.2) is 42.0 Å². The first kappa shape index (κ1) is 17.2. The van der Waals surface area contributed by atoms with Crippen molar-refractivity contribution in [2.75, 3.05) is 20.1 Å². The van der Waals surface area contributed by atoms with Gasteiger partial charge in [-0.1, -0.05) is 0 Å². The van der Waals surface area contributed by atoms with Gasteiger partial charge in [0, 0.05) is 37.1 Å². The standard InChI is InChI=1S/C12H17N3O.2ClH/c1-13-9-11-3-2-8-15(11)12(16)10-4-6-14-7-5-10;;/h4-7,11,13H,2-3,8-9H2,1H3;2*1H. The Bertz CT molecular complexity index is 362. The topological polar surface area (TPSA) is 45.2 Å².